The number of carbonyl (C=O) groups is 1. The first kappa shape index (κ1) is 12.5. The normalized spacial score (nSPS) is 13.5. The van der Waals surface area contributed by atoms with Gasteiger partial charge in [0.2, 0.25) is 0 Å². The number of aliphatic carboxylic acids is 1. The summed E-state index contributed by atoms with van der Waals surface area (Å²) in [5.74, 6) is -1.17. The van der Waals surface area contributed by atoms with Crippen molar-refractivity contribution >= 4 is 5.97 Å². The summed E-state index contributed by atoms with van der Waals surface area (Å²) in [6.07, 6.45) is 0. The summed E-state index contributed by atoms with van der Waals surface area (Å²) in [5, 5.41) is 18.8. The van der Waals surface area contributed by atoms with E-state index in [1.165, 1.54) is 6.07 Å². The lowest BCUT2D eigenvalue weighted by molar-refractivity contribution is -0.138. The lowest BCUT2D eigenvalue weighted by Gasteiger charge is -2.22. The minimum atomic E-state index is -1.19. The van der Waals surface area contributed by atoms with Crippen LogP contribution in [0.5, 0.6) is 5.75 Å². The number of hydrogen-bond acceptors (Lipinski definition) is 3. The van der Waals surface area contributed by atoms with Gasteiger partial charge in [0.25, 0.3) is 0 Å². The summed E-state index contributed by atoms with van der Waals surface area (Å²) >= 11 is 0. The standard InChI is InChI=1S/C12H17NO3/c1-12(2,3)8-6-4-5-7(10(8)14)9(13)11(15)16/h4-6,9,14H,13H2,1-3H3,(H,15,16). The molecule has 0 saturated heterocycles. The van der Waals surface area contributed by atoms with Crippen LogP contribution in [-0.4, -0.2) is 16.2 Å². The topological polar surface area (TPSA) is 83.6 Å². The summed E-state index contributed by atoms with van der Waals surface area (Å²) < 4.78 is 0. The van der Waals surface area contributed by atoms with E-state index in [2.05, 4.69) is 0 Å². The molecule has 0 aliphatic carbocycles. The van der Waals surface area contributed by atoms with Crippen molar-refractivity contribution in [3.63, 3.8) is 0 Å². The number of aromatic hydroxyl groups is 1. The van der Waals surface area contributed by atoms with Gasteiger partial charge in [-0.05, 0) is 11.0 Å². The third kappa shape index (κ3) is 2.33. The van der Waals surface area contributed by atoms with Crippen LogP contribution >= 0.6 is 0 Å². The molecule has 4 N–H and O–H groups in total. The molecule has 16 heavy (non-hydrogen) atoms. The highest BCUT2D eigenvalue weighted by molar-refractivity contribution is 5.76. The zero-order valence-electron chi connectivity index (χ0n) is 9.69. The first-order chi connectivity index (χ1) is 7.25. The Morgan fingerprint density at radius 2 is 1.94 bits per heavy atom. The Morgan fingerprint density at radius 3 is 2.38 bits per heavy atom. The highest BCUT2D eigenvalue weighted by atomic mass is 16.4. The molecule has 88 valence electrons. The van der Waals surface area contributed by atoms with Crippen molar-refractivity contribution in [2.75, 3.05) is 0 Å². The highest BCUT2D eigenvalue weighted by Crippen LogP contribution is 2.35. The molecule has 1 aromatic carbocycles. The van der Waals surface area contributed by atoms with Crippen LogP contribution in [0.1, 0.15) is 37.9 Å². The Labute approximate surface area is 94.7 Å². The molecule has 1 atom stereocenters. The molecule has 4 nitrogen and oxygen atoms in total. The third-order valence-corrected chi connectivity index (χ3v) is 2.48. The minimum Gasteiger partial charge on any atom is -0.507 e. The maximum absolute atomic E-state index is 10.8. The van der Waals surface area contributed by atoms with Crippen molar-refractivity contribution < 1.29 is 15.0 Å². The van der Waals surface area contributed by atoms with E-state index in [-0.39, 0.29) is 16.7 Å². The molecule has 4 heteroatoms. The second kappa shape index (κ2) is 4.14. The molecule has 1 aromatic rings. The van der Waals surface area contributed by atoms with Crippen LogP contribution in [0.15, 0.2) is 18.2 Å². The molecule has 0 aliphatic rings. The van der Waals surface area contributed by atoms with Crippen LogP contribution in [0.2, 0.25) is 0 Å². The van der Waals surface area contributed by atoms with Gasteiger partial charge in [-0.25, -0.2) is 0 Å². The van der Waals surface area contributed by atoms with Crippen molar-refractivity contribution in [1.82, 2.24) is 0 Å². The molecule has 0 amide bonds. The number of phenolic OH excluding ortho intramolecular Hbond substituents is 1. The Hall–Kier alpha value is -1.55. The van der Waals surface area contributed by atoms with Crippen LogP contribution in [0.4, 0.5) is 0 Å². The van der Waals surface area contributed by atoms with E-state index in [0.717, 1.165) is 0 Å². The van der Waals surface area contributed by atoms with Gasteiger partial charge in [0, 0.05) is 5.56 Å². The molecule has 0 aromatic heterocycles. The van der Waals surface area contributed by atoms with Gasteiger partial charge in [-0.15, -0.1) is 0 Å². The Kier molecular flexibility index (Phi) is 3.24. The predicted molar refractivity (Wildman–Crippen MR) is 61.4 cm³/mol. The van der Waals surface area contributed by atoms with Crippen molar-refractivity contribution in [3.05, 3.63) is 29.3 Å². The van der Waals surface area contributed by atoms with Gasteiger partial charge in [-0.2, -0.15) is 0 Å². The number of nitrogens with two attached hydrogens (primary N) is 1. The zero-order chi connectivity index (χ0) is 12.5. The van der Waals surface area contributed by atoms with Crippen molar-refractivity contribution in [1.29, 1.82) is 0 Å². The SMILES string of the molecule is CC(C)(C)c1cccc(C(N)C(=O)O)c1O. The van der Waals surface area contributed by atoms with Gasteiger partial charge < -0.3 is 15.9 Å². The average Bonchev–Trinajstić information content (AvgIpc) is 2.15. The molecule has 0 bridgehead atoms. The van der Waals surface area contributed by atoms with Gasteiger partial charge in [-0.3, -0.25) is 4.79 Å². The average molecular weight is 223 g/mol. The summed E-state index contributed by atoms with van der Waals surface area (Å²) in [7, 11) is 0. The number of phenols is 1. The van der Waals surface area contributed by atoms with E-state index in [0.29, 0.717) is 5.56 Å². The van der Waals surface area contributed by atoms with Gasteiger partial charge in [0.15, 0.2) is 0 Å². The molecule has 0 spiro atoms. The summed E-state index contributed by atoms with van der Waals surface area (Å²) in [5.41, 5.74) is 6.19. The largest absolute Gasteiger partial charge is 0.507 e. The molecular formula is C12H17NO3. The minimum absolute atomic E-state index is 0.0232. The number of benzene rings is 1. The molecule has 0 saturated carbocycles. The molecule has 0 aliphatic heterocycles. The number of carboxylic acids is 1. The molecule has 0 radical (unpaired) electrons. The van der Waals surface area contributed by atoms with Gasteiger partial charge in [0.05, 0.1) is 0 Å². The molecule has 0 heterocycles. The van der Waals surface area contributed by atoms with Crippen LogP contribution in [0, 0.1) is 0 Å². The fourth-order valence-corrected chi connectivity index (χ4v) is 1.55. The molecule has 1 unspecified atom stereocenters. The monoisotopic (exact) mass is 223 g/mol. The fraction of sp³-hybridized carbons (Fsp3) is 0.417. The Bertz CT molecular complexity index is 407. The summed E-state index contributed by atoms with van der Waals surface area (Å²) in [6, 6.07) is 3.82. The third-order valence-electron chi connectivity index (χ3n) is 2.48. The number of rotatable bonds is 2. The number of carboxylic acid groups (broad SMARTS) is 1. The Morgan fingerprint density at radius 1 is 1.38 bits per heavy atom. The van der Waals surface area contributed by atoms with Crippen molar-refractivity contribution in [2.45, 2.75) is 32.2 Å². The zero-order valence-corrected chi connectivity index (χ0v) is 9.69. The lowest BCUT2D eigenvalue weighted by atomic mass is 9.84. The van der Waals surface area contributed by atoms with E-state index in [1.807, 2.05) is 20.8 Å². The first-order valence-corrected chi connectivity index (χ1v) is 5.06. The van der Waals surface area contributed by atoms with E-state index < -0.39 is 12.0 Å². The fourth-order valence-electron chi connectivity index (χ4n) is 1.55. The van der Waals surface area contributed by atoms with Crippen LogP contribution in [0.25, 0.3) is 0 Å². The van der Waals surface area contributed by atoms with Crippen LogP contribution in [-0.2, 0) is 10.2 Å². The van der Waals surface area contributed by atoms with Gasteiger partial charge in [-0.1, -0.05) is 39.0 Å². The Balaban J connectivity index is 3.30. The first-order valence-electron chi connectivity index (χ1n) is 5.06. The number of hydrogen-bond donors (Lipinski definition) is 3. The van der Waals surface area contributed by atoms with Gasteiger partial charge >= 0.3 is 5.97 Å². The molecule has 0 fully saturated rings. The second-order valence-corrected chi connectivity index (χ2v) is 4.81. The van der Waals surface area contributed by atoms with Crippen LogP contribution < -0.4 is 5.73 Å². The van der Waals surface area contributed by atoms with E-state index in [1.54, 1.807) is 12.1 Å². The highest BCUT2D eigenvalue weighted by Gasteiger charge is 2.24. The van der Waals surface area contributed by atoms with Crippen molar-refractivity contribution in [3.8, 4) is 5.75 Å². The smallest absolute Gasteiger partial charge is 0.325 e. The maximum atomic E-state index is 10.8. The molecular weight excluding hydrogens is 206 g/mol. The predicted octanol–water partition coefficient (Wildman–Crippen LogP) is 1.77. The summed E-state index contributed by atoms with van der Waals surface area (Å²) in [6.45, 7) is 5.83. The van der Waals surface area contributed by atoms with Crippen LogP contribution in [0.3, 0.4) is 0 Å². The van der Waals surface area contributed by atoms with Gasteiger partial charge in [0.1, 0.15) is 11.8 Å². The van der Waals surface area contributed by atoms with Crippen molar-refractivity contribution in [2.24, 2.45) is 5.73 Å². The van der Waals surface area contributed by atoms with E-state index >= 15 is 0 Å². The number of para-hydroxylation sites is 1. The summed E-state index contributed by atoms with van der Waals surface area (Å²) in [4.78, 5) is 10.8. The second-order valence-electron chi connectivity index (χ2n) is 4.81. The van der Waals surface area contributed by atoms with E-state index in [9.17, 15) is 9.90 Å². The molecule has 1 rings (SSSR count). The van der Waals surface area contributed by atoms with E-state index in [4.69, 9.17) is 10.8 Å². The lowest BCUT2D eigenvalue weighted by Crippen LogP contribution is -2.22. The quantitative estimate of drug-likeness (QED) is 0.713. The maximum Gasteiger partial charge on any atom is 0.325 e.